The van der Waals surface area contributed by atoms with Crippen molar-refractivity contribution in [2.45, 2.75) is 38.9 Å². The average molecular weight is 260 g/mol. The molecule has 0 saturated heterocycles. The van der Waals surface area contributed by atoms with Gasteiger partial charge in [-0.25, -0.2) is 5.43 Å². The predicted octanol–water partition coefficient (Wildman–Crippen LogP) is 1.40. The maximum atomic E-state index is 6.21. The number of hydrogen-bond donors (Lipinski definition) is 2. The molecule has 0 radical (unpaired) electrons. The molecule has 1 aromatic rings. The molecule has 1 unspecified atom stereocenters. The molecule has 0 aromatic carbocycles. The number of aromatic nitrogens is 2. The minimum Gasteiger partial charge on any atom is -0.302 e. The van der Waals surface area contributed by atoms with Crippen LogP contribution in [-0.4, -0.2) is 34.3 Å². The molecule has 0 spiro atoms. The fourth-order valence-corrected chi connectivity index (χ4v) is 2.04. The molecule has 1 rings (SSSR count). The van der Waals surface area contributed by atoms with Crippen LogP contribution in [0.4, 0.5) is 0 Å². The first-order valence-electron chi connectivity index (χ1n) is 5.71. The molecule has 3 N–H and O–H groups in total. The standard InChI is InChI=1S/C11H22ClN5/c1-6-17-9(8(12)7-14-17)10(15-13)11(2,3)16(4)5/h7,10,15H,6,13H2,1-5H3. The maximum absolute atomic E-state index is 6.21. The highest BCUT2D eigenvalue weighted by Crippen LogP contribution is 2.32. The average Bonchev–Trinajstić information content (AvgIpc) is 2.61. The lowest BCUT2D eigenvalue weighted by Crippen LogP contribution is -2.52. The van der Waals surface area contributed by atoms with E-state index in [4.69, 9.17) is 17.4 Å². The first-order chi connectivity index (χ1) is 7.86. The molecule has 0 aliphatic heterocycles. The van der Waals surface area contributed by atoms with Gasteiger partial charge in [-0.05, 0) is 34.9 Å². The molecular weight excluding hydrogens is 238 g/mol. The van der Waals surface area contributed by atoms with Crippen LogP contribution in [0.1, 0.15) is 32.5 Å². The molecule has 5 nitrogen and oxygen atoms in total. The minimum absolute atomic E-state index is 0.0903. The Hall–Kier alpha value is -0.620. The highest BCUT2D eigenvalue weighted by Gasteiger charge is 2.35. The third-order valence-corrected chi connectivity index (χ3v) is 3.72. The Bertz CT molecular complexity index is 372. The Balaban J connectivity index is 3.22. The highest BCUT2D eigenvalue weighted by molar-refractivity contribution is 6.31. The smallest absolute Gasteiger partial charge is 0.0835 e. The third-order valence-electron chi connectivity index (χ3n) is 3.43. The van der Waals surface area contributed by atoms with Gasteiger partial charge in [0.2, 0.25) is 0 Å². The normalized spacial score (nSPS) is 14.4. The van der Waals surface area contributed by atoms with Gasteiger partial charge >= 0.3 is 0 Å². The van der Waals surface area contributed by atoms with E-state index in [1.807, 2.05) is 25.7 Å². The molecule has 1 aromatic heterocycles. The van der Waals surface area contributed by atoms with E-state index in [0.29, 0.717) is 5.02 Å². The summed E-state index contributed by atoms with van der Waals surface area (Å²) in [7, 11) is 4.04. The van der Waals surface area contributed by atoms with E-state index in [1.54, 1.807) is 6.20 Å². The molecule has 0 amide bonds. The minimum atomic E-state index is -0.175. The van der Waals surface area contributed by atoms with Crippen molar-refractivity contribution in [2.75, 3.05) is 14.1 Å². The van der Waals surface area contributed by atoms with Gasteiger partial charge in [0.05, 0.1) is 23.0 Å². The van der Waals surface area contributed by atoms with Crippen molar-refractivity contribution in [2.24, 2.45) is 5.84 Å². The van der Waals surface area contributed by atoms with E-state index >= 15 is 0 Å². The van der Waals surface area contributed by atoms with E-state index < -0.39 is 0 Å². The van der Waals surface area contributed by atoms with Crippen molar-refractivity contribution in [1.29, 1.82) is 0 Å². The number of aryl methyl sites for hydroxylation is 1. The maximum Gasteiger partial charge on any atom is 0.0835 e. The summed E-state index contributed by atoms with van der Waals surface area (Å²) < 4.78 is 1.87. The van der Waals surface area contributed by atoms with Gasteiger partial charge in [-0.1, -0.05) is 11.6 Å². The lowest BCUT2D eigenvalue weighted by Gasteiger charge is -2.40. The number of nitrogens with one attached hydrogen (secondary N) is 1. The van der Waals surface area contributed by atoms with E-state index in [0.717, 1.165) is 12.2 Å². The second kappa shape index (κ2) is 5.35. The number of rotatable bonds is 5. The number of hydrogen-bond acceptors (Lipinski definition) is 4. The molecule has 0 saturated carbocycles. The quantitative estimate of drug-likeness (QED) is 0.620. The second-order valence-corrected chi connectivity index (χ2v) is 5.25. The summed E-state index contributed by atoms with van der Waals surface area (Å²) in [6, 6.07) is -0.0903. The van der Waals surface area contributed by atoms with Gasteiger partial charge in [0, 0.05) is 12.1 Å². The Morgan fingerprint density at radius 2 is 2.18 bits per heavy atom. The van der Waals surface area contributed by atoms with Crippen LogP contribution in [0.2, 0.25) is 5.02 Å². The van der Waals surface area contributed by atoms with Gasteiger partial charge in [-0.3, -0.25) is 10.5 Å². The van der Waals surface area contributed by atoms with Crippen molar-refractivity contribution in [3.05, 3.63) is 16.9 Å². The zero-order chi connectivity index (χ0) is 13.2. The fourth-order valence-electron chi connectivity index (χ4n) is 1.79. The van der Waals surface area contributed by atoms with Crippen LogP contribution >= 0.6 is 11.6 Å². The van der Waals surface area contributed by atoms with Gasteiger partial charge < -0.3 is 4.90 Å². The van der Waals surface area contributed by atoms with Gasteiger partial charge in [0.1, 0.15) is 0 Å². The van der Waals surface area contributed by atoms with Crippen LogP contribution in [0, 0.1) is 0 Å². The molecule has 0 aliphatic rings. The molecule has 0 bridgehead atoms. The Morgan fingerprint density at radius 1 is 1.59 bits per heavy atom. The number of nitrogens with two attached hydrogens (primary N) is 1. The first kappa shape index (κ1) is 14.4. The van der Waals surface area contributed by atoms with Crippen molar-refractivity contribution >= 4 is 11.6 Å². The highest BCUT2D eigenvalue weighted by atomic mass is 35.5. The zero-order valence-electron chi connectivity index (χ0n) is 11.2. The number of likely N-dealkylation sites (N-methyl/N-ethyl adjacent to an activating group) is 1. The van der Waals surface area contributed by atoms with Crippen molar-refractivity contribution < 1.29 is 0 Å². The Labute approximate surface area is 108 Å². The van der Waals surface area contributed by atoms with Crippen molar-refractivity contribution in [1.82, 2.24) is 20.1 Å². The van der Waals surface area contributed by atoms with Gasteiger partial charge in [0.15, 0.2) is 0 Å². The van der Waals surface area contributed by atoms with Crippen molar-refractivity contribution in [3.8, 4) is 0 Å². The van der Waals surface area contributed by atoms with E-state index in [2.05, 4.69) is 29.3 Å². The first-order valence-corrected chi connectivity index (χ1v) is 6.08. The SMILES string of the molecule is CCn1ncc(Cl)c1C(NN)C(C)(C)N(C)C. The van der Waals surface area contributed by atoms with Crippen LogP contribution in [0.5, 0.6) is 0 Å². The monoisotopic (exact) mass is 259 g/mol. The summed E-state index contributed by atoms with van der Waals surface area (Å²) in [6.45, 7) is 7.02. The Morgan fingerprint density at radius 3 is 2.59 bits per heavy atom. The van der Waals surface area contributed by atoms with Crippen LogP contribution < -0.4 is 11.3 Å². The lowest BCUT2D eigenvalue weighted by molar-refractivity contribution is 0.133. The number of hydrazine groups is 1. The zero-order valence-corrected chi connectivity index (χ0v) is 11.9. The van der Waals surface area contributed by atoms with E-state index in [1.165, 1.54) is 0 Å². The summed E-state index contributed by atoms with van der Waals surface area (Å²) in [5.41, 5.74) is 3.61. The number of halogens is 1. The summed E-state index contributed by atoms with van der Waals surface area (Å²) in [4.78, 5) is 2.11. The van der Waals surface area contributed by atoms with Gasteiger partial charge in [-0.15, -0.1) is 0 Å². The van der Waals surface area contributed by atoms with Crippen LogP contribution in [0.25, 0.3) is 0 Å². The second-order valence-electron chi connectivity index (χ2n) is 4.84. The van der Waals surface area contributed by atoms with Crippen LogP contribution in [0.3, 0.4) is 0 Å². The summed E-state index contributed by atoms with van der Waals surface area (Å²) >= 11 is 6.21. The van der Waals surface area contributed by atoms with Gasteiger partial charge in [-0.2, -0.15) is 5.10 Å². The van der Waals surface area contributed by atoms with E-state index in [-0.39, 0.29) is 11.6 Å². The fraction of sp³-hybridized carbons (Fsp3) is 0.727. The summed E-state index contributed by atoms with van der Waals surface area (Å²) in [6.07, 6.45) is 1.66. The topological polar surface area (TPSA) is 59.1 Å². The van der Waals surface area contributed by atoms with Crippen molar-refractivity contribution in [3.63, 3.8) is 0 Å². The summed E-state index contributed by atoms with van der Waals surface area (Å²) in [5.74, 6) is 5.70. The molecule has 1 heterocycles. The lowest BCUT2D eigenvalue weighted by atomic mass is 9.91. The van der Waals surface area contributed by atoms with Crippen LogP contribution in [-0.2, 0) is 6.54 Å². The molecular formula is C11H22ClN5. The molecule has 0 fully saturated rings. The largest absolute Gasteiger partial charge is 0.302 e. The molecule has 0 aliphatic carbocycles. The summed E-state index contributed by atoms with van der Waals surface area (Å²) in [5, 5.41) is 4.89. The Kier molecular flexibility index (Phi) is 4.55. The molecule has 17 heavy (non-hydrogen) atoms. The number of nitrogens with zero attached hydrogens (tertiary/aromatic N) is 3. The predicted molar refractivity (Wildman–Crippen MR) is 70.7 cm³/mol. The molecule has 1 atom stereocenters. The molecule has 6 heteroatoms. The third kappa shape index (κ3) is 2.63. The molecule has 98 valence electrons. The van der Waals surface area contributed by atoms with E-state index in [9.17, 15) is 0 Å². The van der Waals surface area contributed by atoms with Gasteiger partial charge in [0.25, 0.3) is 0 Å². The van der Waals surface area contributed by atoms with Crippen LogP contribution in [0.15, 0.2) is 6.20 Å².